The molecule has 1 aromatic heterocycles. The number of nitrogens with zero attached hydrogens (tertiary/aromatic N) is 1. The summed E-state index contributed by atoms with van der Waals surface area (Å²) in [5, 5.41) is 3.56. The van der Waals surface area contributed by atoms with Crippen LogP contribution in [0, 0.1) is 11.8 Å². The molecule has 2 nitrogen and oxygen atoms in total. The van der Waals surface area contributed by atoms with Crippen molar-refractivity contribution in [3.05, 3.63) is 36.7 Å². The van der Waals surface area contributed by atoms with Gasteiger partial charge in [0.1, 0.15) is 0 Å². The largest absolute Gasteiger partial charge is 0.380 e. The van der Waals surface area contributed by atoms with Crippen LogP contribution >= 0.6 is 0 Å². The minimum atomic E-state index is 0.634. The van der Waals surface area contributed by atoms with E-state index in [1.165, 1.54) is 12.8 Å². The standard InChI is InChI=1S/C12H14N2/c1-2-11(8-13-5-1)14-12-7-9-3-4-10(12)6-9/h1-5,8-10,12,14H,6-7H2/t9-,10+,12?/m1/s1. The Morgan fingerprint density at radius 3 is 2.93 bits per heavy atom. The molecule has 2 aliphatic rings. The maximum Gasteiger partial charge on any atom is 0.0529 e. The Labute approximate surface area is 84.1 Å². The summed E-state index contributed by atoms with van der Waals surface area (Å²) >= 11 is 0. The van der Waals surface area contributed by atoms with Gasteiger partial charge in [-0.3, -0.25) is 4.98 Å². The van der Waals surface area contributed by atoms with Crippen LogP contribution in [-0.4, -0.2) is 11.0 Å². The topological polar surface area (TPSA) is 24.9 Å². The second kappa shape index (κ2) is 3.12. The molecule has 2 aliphatic carbocycles. The summed E-state index contributed by atoms with van der Waals surface area (Å²) < 4.78 is 0. The number of pyridine rings is 1. The Morgan fingerprint density at radius 1 is 1.29 bits per heavy atom. The third-order valence-corrected chi connectivity index (χ3v) is 3.29. The SMILES string of the molecule is C1=C[C@H]2C[C@@H]1CC2Nc1cccnc1. The average molecular weight is 186 g/mol. The molecule has 0 amide bonds. The molecule has 1 aromatic rings. The first-order valence-corrected chi connectivity index (χ1v) is 5.27. The lowest BCUT2D eigenvalue weighted by molar-refractivity contribution is 0.614. The molecule has 0 aliphatic heterocycles. The number of hydrogen-bond donors (Lipinski definition) is 1. The van der Waals surface area contributed by atoms with Crippen LogP contribution in [0.15, 0.2) is 36.7 Å². The van der Waals surface area contributed by atoms with Gasteiger partial charge in [-0.05, 0) is 36.8 Å². The molecule has 2 heteroatoms. The van der Waals surface area contributed by atoms with Gasteiger partial charge in [0.25, 0.3) is 0 Å². The molecule has 0 radical (unpaired) electrons. The lowest BCUT2D eigenvalue weighted by Crippen LogP contribution is -2.23. The summed E-state index contributed by atoms with van der Waals surface area (Å²) in [6, 6.07) is 4.70. The fraction of sp³-hybridized carbons (Fsp3) is 0.417. The van der Waals surface area contributed by atoms with Gasteiger partial charge in [-0.1, -0.05) is 12.2 Å². The average Bonchev–Trinajstić information content (AvgIpc) is 2.81. The molecular formula is C12H14N2. The number of aromatic nitrogens is 1. The van der Waals surface area contributed by atoms with E-state index >= 15 is 0 Å². The zero-order valence-corrected chi connectivity index (χ0v) is 8.06. The summed E-state index contributed by atoms with van der Waals surface area (Å²) in [7, 11) is 0. The van der Waals surface area contributed by atoms with E-state index in [0.717, 1.165) is 17.5 Å². The number of allylic oxidation sites excluding steroid dienone is 1. The fourth-order valence-corrected chi connectivity index (χ4v) is 2.61. The second-order valence-corrected chi connectivity index (χ2v) is 4.27. The summed E-state index contributed by atoms with van der Waals surface area (Å²) in [6.07, 6.45) is 11.1. The Hall–Kier alpha value is -1.31. The van der Waals surface area contributed by atoms with E-state index in [4.69, 9.17) is 0 Å². The first-order valence-electron chi connectivity index (χ1n) is 5.27. The smallest absolute Gasteiger partial charge is 0.0529 e. The Bertz CT molecular complexity index is 345. The summed E-state index contributed by atoms with van der Waals surface area (Å²) in [4.78, 5) is 4.11. The van der Waals surface area contributed by atoms with Gasteiger partial charge in [0, 0.05) is 18.4 Å². The van der Waals surface area contributed by atoms with Crippen LogP contribution in [0.25, 0.3) is 0 Å². The van der Waals surface area contributed by atoms with Crippen LogP contribution in [0.4, 0.5) is 5.69 Å². The predicted molar refractivity (Wildman–Crippen MR) is 57.0 cm³/mol. The van der Waals surface area contributed by atoms with Crippen molar-refractivity contribution >= 4 is 5.69 Å². The van der Waals surface area contributed by atoms with Crippen molar-refractivity contribution in [2.75, 3.05) is 5.32 Å². The normalized spacial score (nSPS) is 33.6. The lowest BCUT2D eigenvalue weighted by atomic mass is 10.0. The van der Waals surface area contributed by atoms with Gasteiger partial charge in [-0.15, -0.1) is 0 Å². The van der Waals surface area contributed by atoms with Crippen LogP contribution in [-0.2, 0) is 0 Å². The molecule has 1 fully saturated rings. The van der Waals surface area contributed by atoms with Crippen molar-refractivity contribution < 1.29 is 0 Å². The molecular weight excluding hydrogens is 172 g/mol. The van der Waals surface area contributed by atoms with Gasteiger partial charge in [0.05, 0.1) is 5.69 Å². The molecule has 72 valence electrons. The highest BCUT2D eigenvalue weighted by atomic mass is 14.9. The van der Waals surface area contributed by atoms with Crippen LogP contribution in [0.3, 0.4) is 0 Å². The van der Waals surface area contributed by atoms with E-state index in [0.29, 0.717) is 6.04 Å². The minimum Gasteiger partial charge on any atom is -0.380 e. The Kier molecular flexibility index (Phi) is 1.79. The molecule has 1 unspecified atom stereocenters. The maximum absolute atomic E-state index is 4.11. The third-order valence-electron chi connectivity index (χ3n) is 3.29. The summed E-state index contributed by atoms with van der Waals surface area (Å²) in [5.74, 6) is 1.58. The van der Waals surface area contributed by atoms with Gasteiger partial charge in [-0.25, -0.2) is 0 Å². The number of anilines is 1. The molecule has 3 atom stereocenters. The Balaban J connectivity index is 1.72. The first kappa shape index (κ1) is 8.04. The lowest BCUT2D eigenvalue weighted by Gasteiger charge is -2.20. The molecule has 3 rings (SSSR count). The fourth-order valence-electron chi connectivity index (χ4n) is 2.61. The number of nitrogens with one attached hydrogen (secondary N) is 1. The van der Waals surface area contributed by atoms with E-state index in [9.17, 15) is 0 Å². The summed E-state index contributed by atoms with van der Waals surface area (Å²) in [6.45, 7) is 0. The third kappa shape index (κ3) is 1.31. The zero-order chi connectivity index (χ0) is 9.38. The van der Waals surface area contributed by atoms with Crippen molar-refractivity contribution in [3.63, 3.8) is 0 Å². The van der Waals surface area contributed by atoms with Crippen molar-refractivity contribution in [1.29, 1.82) is 0 Å². The highest BCUT2D eigenvalue weighted by Crippen LogP contribution is 2.40. The van der Waals surface area contributed by atoms with Gasteiger partial charge in [0.2, 0.25) is 0 Å². The van der Waals surface area contributed by atoms with E-state index < -0.39 is 0 Å². The molecule has 0 aromatic carbocycles. The summed E-state index contributed by atoms with van der Waals surface area (Å²) in [5.41, 5.74) is 1.15. The monoisotopic (exact) mass is 186 g/mol. The highest BCUT2D eigenvalue weighted by molar-refractivity contribution is 5.42. The number of rotatable bonds is 2. The number of hydrogen-bond acceptors (Lipinski definition) is 2. The predicted octanol–water partition coefficient (Wildman–Crippen LogP) is 2.46. The van der Waals surface area contributed by atoms with E-state index in [1.54, 1.807) is 0 Å². The molecule has 14 heavy (non-hydrogen) atoms. The van der Waals surface area contributed by atoms with Crippen LogP contribution < -0.4 is 5.32 Å². The van der Waals surface area contributed by atoms with E-state index in [2.05, 4.69) is 28.5 Å². The Morgan fingerprint density at radius 2 is 2.29 bits per heavy atom. The minimum absolute atomic E-state index is 0.634. The quantitative estimate of drug-likeness (QED) is 0.718. The molecule has 0 saturated heterocycles. The van der Waals surface area contributed by atoms with Crippen molar-refractivity contribution in [1.82, 2.24) is 4.98 Å². The van der Waals surface area contributed by atoms with Gasteiger partial charge < -0.3 is 5.32 Å². The van der Waals surface area contributed by atoms with Crippen molar-refractivity contribution in [2.45, 2.75) is 18.9 Å². The molecule has 2 bridgehead atoms. The molecule has 1 heterocycles. The van der Waals surface area contributed by atoms with Gasteiger partial charge >= 0.3 is 0 Å². The molecule has 1 saturated carbocycles. The highest BCUT2D eigenvalue weighted by Gasteiger charge is 2.35. The van der Waals surface area contributed by atoms with Crippen LogP contribution in [0.1, 0.15) is 12.8 Å². The van der Waals surface area contributed by atoms with Crippen LogP contribution in [0.5, 0.6) is 0 Å². The van der Waals surface area contributed by atoms with Gasteiger partial charge in [0.15, 0.2) is 0 Å². The molecule has 1 N–H and O–H groups in total. The van der Waals surface area contributed by atoms with Crippen molar-refractivity contribution in [2.24, 2.45) is 11.8 Å². The zero-order valence-electron chi connectivity index (χ0n) is 8.06. The van der Waals surface area contributed by atoms with E-state index in [-0.39, 0.29) is 0 Å². The second-order valence-electron chi connectivity index (χ2n) is 4.27. The maximum atomic E-state index is 4.11. The van der Waals surface area contributed by atoms with E-state index in [1.807, 2.05) is 18.5 Å². The first-order chi connectivity index (χ1) is 6.92. The molecule has 0 spiro atoms. The van der Waals surface area contributed by atoms with Crippen molar-refractivity contribution in [3.8, 4) is 0 Å². The number of fused-ring (bicyclic) bond motifs is 2. The van der Waals surface area contributed by atoms with Gasteiger partial charge in [-0.2, -0.15) is 0 Å². The van der Waals surface area contributed by atoms with Crippen LogP contribution in [0.2, 0.25) is 0 Å².